The molecule has 139 heavy (non-hydrogen) atoms. The lowest BCUT2D eigenvalue weighted by Crippen LogP contribution is -2.74. The van der Waals surface area contributed by atoms with Crippen molar-refractivity contribution in [3.05, 3.63) is 497 Å². The lowest BCUT2D eigenvalue weighted by Gasteiger charge is -2.34. The molecular weight excluding hydrogens is 1750 g/mol. The van der Waals surface area contributed by atoms with Gasteiger partial charge in [-0.1, -0.05) is 419 Å². The van der Waals surface area contributed by atoms with E-state index in [0.717, 1.165) is 110 Å². The van der Waals surface area contributed by atoms with Gasteiger partial charge in [0.2, 0.25) is 35.3 Å². The molecule has 0 atom stereocenters. The molecule has 8 aromatic heterocycles. The lowest BCUT2D eigenvalue weighted by molar-refractivity contribution is 0.884. The van der Waals surface area contributed by atoms with Crippen molar-refractivity contribution in [2.24, 2.45) is 0 Å². The summed E-state index contributed by atoms with van der Waals surface area (Å²) in [5, 5.41) is 19.3. The van der Waals surface area contributed by atoms with E-state index < -0.39 is 24.2 Å². The van der Waals surface area contributed by atoms with Gasteiger partial charge in [0, 0.05) is 32.7 Å². The van der Waals surface area contributed by atoms with Crippen molar-refractivity contribution >= 4 is 186 Å². The Labute approximate surface area is 802 Å². The molecular formula is C122H82N14Si3. The van der Waals surface area contributed by atoms with Crippen LogP contribution in [0.1, 0.15) is 0 Å². The zero-order valence-electron chi connectivity index (χ0n) is 75.1. The van der Waals surface area contributed by atoms with Crippen LogP contribution in [0.25, 0.3) is 157 Å². The molecule has 27 rings (SSSR count). The second-order valence-corrected chi connectivity index (χ2v) is 47.2. The third-order valence-electron chi connectivity index (χ3n) is 28.4. The first kappa shape index (κ1) is 80.6. The van der Waals surface area contributed by atoms with Crippen molar-refractivity contribution in [1.82, 2.24) is 66.9 Å². The van der Waals surface area contributed by atoms with E-state index in [1.165, 1.54) is 62.2 Å². The minimum absolute atomic E-state index is 0.417. The quantitative estimate of drug-likeness (QED) is 0.0578. The van der Waals surface area contributed by atoms with Gasteiger partial charge in [0.05, 0.1) is 66.2 Å². The predicted octanol–water partition coefficient (Wildman–Crippen LogP) is 18.9. The van der Waals surface area contributed by atoms with E-state index in [4.69, 9.17) is 39.9 Å². The Bertz CT molecular complexity index is 9160. The molecule has 0 radical (unpaired) electrons. The summed E-state index contributed by atoms with van der Waals surface area (Å²) in [6.07, 6.45) is 0. The topological polar surface area (TPSA) is 132 Å². The SMILES string of the molecule is c1ccc(-c2nc(-n3c4ccccc4c4ccccc43)nc(-n3c4ccc([Si](c5ccccc5)(c5ccccc5)c5cccc(-c6ccc7c(c6)c6ccccc6n7-c6nc(-c7ccccc7)nc(-n7c8ccc([Si](c9ccccc9)(c9ccccc9)c9ccccc9)cc8n8c9cc([Si](c%10ccccc%10)(c%10ccccc%10)c%10ccccc%10)ccc9nc78)n6)c5)cc4n4c5ccccc5nc34)n2)cc1. The molecule has 19 aromatic carbocycles. The molecule has 0 fully saturated rings. The Morgan fingerprint density at radius 3 is 0.806 bits per heavy atom. The number of rotatable bonds is 19. The average molecular weight is 1830 g/mol. The Morgan fingerprint density at radius 2 is 0.410 bits per heavy atom. The summed E-state index contributed by atoms with van der Waals surface area (Å²) >= 11 is 0. The van der Waals surface area contributed by atoms with Gasteiger partial charge in [-0.25, -0.2) is 19.1 Å². The average Bonchev–Trinajstić information content (AvgIpc) is 1.54. The Hall–Kier alpha value is -18.0. The third-order valence-corrected chi connectivity index (χ3v) is 42.7. The van der Waals surface area contributed by atoms with Crippen molar-refractivity contribution in [3.8, 4) is 57.7 Å². The van der Waals surface area contributed by atoms with Crippen LogP contribution in [-0.4, -0.2) is 91.2 Å². The smallest absolute Gasteiger partial charge is 0.242 e. The summed E-state index contributed by atoms with van der Waals surface area (Å²) in [5.41, 5.74) is 15.0. The highest BCUT2D eigenvalue weighted by atomic mass is 28.3. The highest BCUT2D eigenvalue weighted by Gasteiger charge is 2.46. The van der Waals surface area contributed by atoms with E-state index >= 15 is 0 Å². The monoisotopic (exact) mass is 1830 g/mol. The van der Waals surface area contributed by atoms with Gasteiger partial charge in [-0.2, -0.15) is 29.9 Å². The minimum atomic E-state index is -3.40. The number of hydrogen-bond donors (Lipinski definition) is 0. The molecule has 27 aromatic rings. The van der Waals surface area contributed by atoms with E-state index in [-0.39, 0.29) is 0 Å². The summed E-state index contributed by atoms with van der Waals surface area (Å²) < 4.78 is 13.4. The maximum absolute atomic E-state index is 5.87. The van der Waals surface area contributed by atoms with E-state index in [1.54, 1.807) is 0 Å². The van der Waals surface area contributed by atoms with Gasteiger partial charge >= 0.3 is 0 Å². The molecule has 8 heterocycles. The Kier molecular flexibility index (Phi) is 19.0. The minimum Gasteiger partial charge on any atom is -0.278 e. The number of fused-ring (bicyclic) bond motifs is 16. The van der Waals surface area contributed by atoms with Crippen LogP contribution in [0.2, 0.25) is 0 Å². The maximum Gasteiger partial charge on any atom is 0.242 e. The number of para-hydroxylation sites is 5. The standard InChI is InChI=1S/C122H82N14Si3/c1-11-40-83(41-12-1)115-125-117(131-105-66-35-31-62-99(105)100-63-32-36-67-106(100)131)129-119(127-115)135-110-77-73-98(82-113(110)133-109-69-38-34-65-103(109)123-121(133)135)139(93-57-27-9-28-58-93,94-59-29-10-30-60-94)95-61-39-44-85(78-95)86-70-75-108-102(79-86)101-64-33-37-68-107(101)132(108)118-126-116(84-42-13-2-14-43-84)128-120(130-118)136-111-76-72-97(138(90-51-21-6-22-52-90,91-53-23-7-24-54-91)92-55-25-8-26-56-92)81-114(111)134-112-80-96(71-74-104(112)124-122(134)136)137(87-45-15-3-16-46-87,88-47-17-4-18-48-88)89-49-19-5-20-50-89/h1-82H. The highest BCUT2D eigenvalue weighted by Crippen LogP contribution is 2.40. The van der Waals surface area contributed by atoms with Crippen LogP contribution in [0, 0.1) is 0 Å². The molecule has 0 unspecified atom stereocenters. The fourth-order valence-electron chi connectivity index (χ4n) is 22.4. The van der Waals surface area contributed by atoms with E-state index in [1.807, 2.05) is 24.3 Å². The van der Waals surface area contributed by atoms with Gasteiger partial charge in [-0.15, -0.1) is 0 Å². The zero-order valence-corrected chi connectivity index (χ0v) is 78.1. The molecule has 0 N–H and O–H groups in total. The molecule has 0 saturated carbocycles. The van der Waals surface area contributed by atoms with E-state index in [9.17, 15) is 0 Å². The van der Waals surface area contributed by atoms with Crippen molar-refractivity contribution in [2.75, 3.05) is 0 Å². The molecule has 0 saturated heterocycles. The van der Waals surface area contributed by atoms with Crippen LogP contribution in [0.4, 0.5) is 0 Å². The summed E-state index contributed by atoms with van der Waals surface area (Å²) in [6.45, 7) is 0. The molecule has 14 nitrogen and oxygen atoms in total. The largest absolute Gasteiger partial charge is 0.278 e. The van der Waals surface area contributed by atoms with Crippen molar-refractivity contribution in [2.45, 2.75) is 0 Å². The summed E-state index contributed by atoms with van der Waals surface area (Å²) in [4.78, 5) is 45.0. The van der Waals surface area contributed by atoms with Crippen LogP contribution in [0.5, 0.6) is 0 Å². The first-order chi connectivity index (χ1) is 68.9. The van der Waals surface area contributed by atoms with Crippen molar-refractivity contribution in [3.63, 3.8) is 0 Å². The number of nitrogens with zero attached hydrogens (tertiary/aromatic N) is 14. The van der Waals surface area contributed by atoms with Gasteiger partial charge in [0.25, 0.3) is 0 Å². The molecule has 0 aliphatic rings. The molecule has 0 amide bonds. The normalized spacial score (nSPS) is 12.2. The van der Waals surface area contributed by atoms with E-state index in [2.05, 4.69) is 500 Å². The predicted molar refractivity (Wildman–Crippen MR) is 575 cm³/mol. The third kappa shape index (κ3) is 12.6. The molecule has 0 aliphatic heterocycles. The lowest BCUT2D eigenvalue weighted by atomic mass is 10.0. The Morgan fingerprint density at radius 1 is 0.144 bits per heavy atom. The van der Waals surface area contributed by atoms with E-state index in [0.29, 0.717) is 47.0 Å². The number of imidazole rings is 4. The van der Waals surface area contributed by atoms with Crippen LogP contribution in [0.3, 0.4) is 0 Å². The van der Waals surface area contributed by atoms with Gasteiger partial charge in [-0.3, -0.25) is 17.9 Å². The molecule has 652 valence electrons. The van der Waals surface area contributed by atoms with Crippen molar-refractivity contribution < 1.29 is 0 Å². The molecule has 17 heteroatoms. The first-order valence-corrected chi connectivity index (χ1v) is 53.0. The fraction of sp³-hybridized carbons (Fsp3) is 0. The highest BCUT2D eigenvalue weighted by molar-refractivity contribution is 7.21. The molecule has 0 aliphatic carbocycles. The van der Waals surface area contributed by atoms with Crippen molar-refractivity contribution in [1.29, 1.82) is 0 Å². The van der Waals surface area contributed by atoms with Gasteiger partial charge in [0.15, 0.2) is 35.9 Å². The fourth-order valence-corrected chi connectivity index (χ4v) is 36.7. The summed E-state index contributed by atoms with van der Waals surface area (Å²) in [7, 11) is -9.68. The first-order valence-electron chi connectivity index (χ1n) is 47.0. The summed E-state index contributed by atoms with van der Waals surface area (Å²) in [6, 6.07) is 182. The molecule has 0 spiro atoms. The maximum atomic E-state index is 5.87. The van der Waals surface area contributed by atoms with Gasteiger partial charge in [-0.05, 0) is 152 Å². The second kappa shape index (κ2) is 32.7. The Balaban J connectivity index is 0.653. The van der Waals surface area contributed by atoms with Crippen LogP contribution in [-0.2, 0) is 0 Å². The van der Waals surface area contributed by atoms with Crippen LogP contribution < -0.4 is 62.2 Å². The van der Waals surface area contributed by atoms with Gasteiger partial charge < -0.3 is 0 Å². The number of hydrogen-bond acceptors (Lipinski definition) is 8. The van der Waals surface area contributed by atoms with Crippen LogP contribution >= 0.6 is 0 Å². The summed E-state index contributed by atoms with van der Waals surface area (Å²) in [5.74, 6) is 4.21. The van der Waals surface area contributed by atoms with Gasteiger partial charge in [0.1, 0.15) is 0 Å². The van der Waals surface area contributed by atoms with Crippen LogP contribution in [0.15, 0.2) is 497 Å². The second-order valence-electron chi connectivity index (χ2n) is 35.7. The zero-order chi connectivity index (χ0) is 91.7. The molecule has 0 bridgehead atoms. The number of benzene rings is 19. The number of aromatic nitrogens is 14.